The molecule has 1 saturated carbocycles. The third-order valence-electron chi connectivity index (χ3n) is 4.53. The first-order valence-electron chi connectivity index (χ1n) is 6.28. The summed E-state index contributed by atoms with van der Waals surface area (Å²) in [4.78, 5) is 3.14. The van der Waals surface area contributed by atoms with Gasteiger partial charge in [0.1, 0.15) is 11.6 Å². The van der Waals surface area contributed by atoms with Crippen LogP contribution in [0.25, 0.3) is 0 Å². The molecule has 19 heavy (non-hydrogen) atoms. The van der Waals surface area contributed by atoms with Crippen molar-refractivity contribution in [3.63, 3.8) is 0 Å². The molecule has 0 bridgehead atoms. The highest BCUT2D eigenvalue weighted by atomic mass is 32.1. The van der Waals surface area contributed by atoms with Gasteiger partial charge in [-0.15, -0.1) is 0 Å². The summed E-state index contributed by atoms with van der Waals surface area (Å²) >= 11 is 5.27. The van der Waals surface area contributed by atoms with Gasteiger partial charge >= 0.3 is 0 Å². The van der Waals surface area contributed by atoms with E-state index in [2.05, 4.69) is 4.98 Å². The van der Waals surface area contributed by atoms with Gasteiger partial charge in [-0.1, -0.05) is 0 Å². The predicted molar refractivity (Wildman–Crippen MR) is 69.7 cm³/mol. The van der Waals surface area contributed by atoms with Crippen molar-refractivity contribution in [1.29, 1.82) is 0 Å². The third kappa shape index (κ3) is 1.31. The third-order valence-corrected chi connectivity index (χ3v) is 4.85. The fourth-order valence-electron chi connectivity index (χ4n) is 3.59. The molecule has 0 spiro atoms. The SMILES string of the molecule is Cc1[nH]c(=S)n2c1C1C[C@]1(c1cc(F)ccc1F)C2. The molecule has 1 aromatic heterocycles. The number of fused-ring (bicyclic) bond motifs is 3. The highest BCUT2D eigenvalue weighted by Gasteiger charge is 2.63. The molecule has 0 amide bonds. The van der Waals surface area contributed by atoms with Crippen molar-refractivity contribution in [3.05, 3.63) is 51.6 Å². The monoisotopic (exact) mass is 278 g/mol. The smallest absolute Gasteiger partial charge is 0.177 e. The van der Waals surface area contributed by atoms with Crippen molar-refractivity contribution in [2.45, 2.75) is 31.2 Å². The molecular formula is C14H12F2N2S. The van der Waals surface area contributed by atoms with Gasteiger partial charge in [0.05, 0.1) is 0 Å². The number of benzene rings is 1. The van der Waals surface area contributed by atoms with Gasteiger partial charge in [-0.2, -0.15) is 0 Å². The van der Waals surface area contributed by atoms with Crippen LogP contribution in [-0.2, 0) is 12.0 Å². The van der Waals surface area contributed by atoms with Crippen molar-refractivity contribution in [3.8, 4) is 0 Å². The molecule has 98 valence electrons. The maximum Gasteiger partial charge on any atom is 0.177 e. The first-order chi connectivity index (χ1) is 9.03. The van der Waals surface area contributed by atoms with Crippen LogP contribution < -0.4 is 0 Å². The van der Waals surface area contributed by atoms with E-state index in [-0.39, 0.29) is 23.0 Å². The van der Waals surface area contributed by atoms with Crippen molar-refractivity contribution >= 4 is 12.2 Å². The number of aromatic nitrogens is 2. The lowest BCUT2D eigenvalue weighted by atomic mass is 9.93. The molecule has 1 aliphatic heterocycles. The summed E-state index contributed by atoms with van der Waals surface area (Å²) in [5, 5.41) is 0. The zero-order valence-electron chi connectivity index (χ0n) is 10.3. The second-order valence-corrected chi connectivity index (χ2v) is 5.95. The summed E-state index contributed by atoms with van der Waals surface area (Å²) in [7, 11) is 0. The summed E-state index contributed by atoms with van der Waals surface area (Å²) in [5.41, 5.74) is 2.42. The summed E-state index contributed by atoms with van der Waals surface area (Å²) < 4.78 is 30.1. The van der Waals surface area contributed by atoms with Crippen LogP contribution in [0, 0.1) is 23.3 Å². The predicted octanol–water partition coefficient (Wildman–Crippen LogP) is 3.57. The van der Waals surface area contributed by atoms with Gasteiger partial charge in [0.2, 0.25) is 0 Å². The number of aryl methyl sites for hydroxylation is 1. The number of hydrogen-bond donors (Lipinski definition) is 1. The highest BCUT2D eigenvalue weighted by Crippen LogP contribution is 2.66. The number of hydrogen-bond acceptors (Lipinski definition) is 1. The van der Waals surface area contributed by atoms with E-state index in [1.54, 1.807) is 0 Å². The number of nitrogens with one attached hydrogen (secondary N) is 1. The highest BCUT2D eigenvalue weighted by molar-refractivity contribution is 7.71. The maximum absolute atomic E-state index is 14.0. The van der Waals surface area contributed by atoms with Crippen LogP contribution in [0.15, 0.2) is 18.2 Å². The summed E-state index contributed by atoms with van der Waals surface area (Å²) in [6.45, 7) is 2.63. The van der Waals surface area contributed by atoms with Crippen LogP contribution in [0.5, 0.6) is 0 Å². The Balaban J connectivity index is 1.87. The quantitative estimate of drug-likeness (QED) is 0.791. The maximum atomic E-state index is 14.0. The lowest BCUT2D eigenvalue weighted by molar-refractivity contribution is 0.520. The fraction of sp³-hybridized carbons (Fsp3) is 0.357. The van der Waals surface area contributed by atoms with Crippen molar-refractivity contribution in [2.75, 3.05) is 0 Å². The topological polar surface area (TPSA) is 20.7 Å². The molecule has 2 atom stereocenters. The van der Waals surface area contributed by atoms with Gasteiger partial charge in [-0.3, -0.25) is 0 Å². The van der Waals surface area contributed by atoms with Crippen molar-refractivity contribution < 1.29 is 8.78 Å². The summed E-state index contributed by atoms with van der Waals surface area (Å²) in [6.07, 6.45) is 0.876. The minimum Gasteiger partial charge on any atom is -0.335 e. The van der Waals surface area contributed by atoms with Gasteiger partial charge in [0.25, 0.3) is 0 Å². The second-order valence-electron chi connectivity index (χ2n) is 5.56. The van der Waals surface area contributed by atoms with E-state index in [1.165, 1.54) is 18.2 Å². The van der Waals surface area contributed by atoms with E-state index in [1.807, 2.05) is 11.5 Å². The molecule has 1 N–H and O–H groups in total. The Morgan fingerprint density at radius 1 is 1.42 bits per heavy atom. The molecule has 5 heteroatoms. The standard InChI is InChI=1S/C14H12F2N2S/c1-7-12-10-5-14(10,6-18(12)13(19)17-7)9-4-8(15)2-3-11(9)16/h2-4,10H,5-6H2,1H3,(H,17,19)/t10?,14-/m1/s1. The van der Waals surface area contributed by atoms with Crippen LogP contribution in [0.3, 0.4) is 0 Å². The van der Waals surface area contributed by atoms with E-state index in [0.717, 1.165) is 17.8 Å². The molecule has 1 aromatic carbocycles. The lowest BCUT2D eigenvalue weighted by Gasteiger charge is -2.14. The molecule has 1 aliphatic carbocycles. The molecule has 2 aliphatic rings. The Morgan fingerprint density at radius 2 is 2.21 bits per heavy atom. The number of aromatic amines is 1. The average Bonchev–Trinajstić information content (AvgIpc) is 2.87. The molecule has 1 fully saturated rings. The molecular weight excluding hydrogens is 266 g/mol. The Hall–Kier alpha value is -1.49. The van der Waals surface area contributed by atoms with Gasteiger partial charge < -0.3 is 9.55 Å². The Kier molecular flexibility index (Phi) is 1.99. The van der Waals surface area contributed by atoms with Gasteiger partial charge in [0, 0.05) is 29.3 Å². The Morgan fingerprint density at radius 3 is 2.95 bits per heavy atom. The molecule has 0 radical (unpaired) electrons. The van der Waals surface area contributed by atoms with Crippen LogP contribution in [0.1, 0.15) is 29.3 Å². The second kappa shape index (κ2) is 3.33. The van der Waals surface area contributed by atoms with Crippen LogP contribution in [0.2, 0.25) is 0 Å². The summed E-state index contributed by atoms with van der Waals surface area (Å²) in [5.74, 6) is -0.436. The minimum atomic E-state index is -0.380. The van der Waals surface area contributed by atoms with Crippen molar-refractivity contribution in [1.82, 2.24) is 9.55 Å². The van der Waals surface area contributed by atoms with Crippen LogP contribution in [0.4, 0.5) is 8.78 Å². The van der Waals surface area contributed by atoms with Gasteiger partial charge in [-0.05, 0) is 49.3 Å². The lowest BCUT2D eigenvalue weighted by Crippen LogP contribution is -2.14. The molecule has 2 aromatic rings. The van der Waals surface area contributed by atoms with Gasteiger partial charge in [0.15, 0.2) is 4.77 Å². The molecule has 1 unspecified atom stereocenters. The van der Waals surface area contributed by atoms with E-state index in [9.17, 15) is 8.78 Å². The van der Waals surface area contributed by atoms with Gasteiger partial charge in [-0.25, -0.2) is 8.78 Å². The van der Waals surface area contributed by atoms with E-state index in [4.69, 9.17) is 12.2 Å². The Labute approximate surface area is 114 Å². The number of nitrogens with zero attached hydrogens (tertiary/aromatic N) is 1. The first kappa shape index (κ1) is 11.3. The first-order valence-corrected chi connectivity index (χ1v) is 6.68. The van der Waals surface area contributed by atoms with E-state index < -0.39 is 0 Å². The number of halogens is 2. The number of rotatable bonds is 1. The van der Waals surface area contributed by atoms with Crippen molar-refractivity contribution in [2.24, 2.45) is 0 Å². The fourth-order valence-corrected chi connectivity index (χ4v) is 3.91. The number of imidazole rings is 1. The van der Waals surface area contributed by atoms with E-state index >= 15 is 0 Å². The molecule has 2 heterocycles. The molecule has 2 nitrogen and oxygen atoms in total. The zero-order chi connectivity index (χ0) is 13.4. The normalized spacial score (nSPS) is 27.2. The number of H-pyrrole nitrogens is 1. The summed E-state index contributed by atoms with van der Waals surface area (Å²) in [6, 6.07) is 3.72. The largest absolute Gasteiger partial charge is 0.335 e. The molecule has 4 rings (SSSR count). The van der Waals surface area contributed by atoms with Crippen LogP contribution >= 0.6 is 12.2 Å². The zero-order valence-corrected chi connectivity index (χ0v) is 11.2. The minimum absolute atomic E-state index is 0.261. The molecule has 0 saturated heterocycles. The van der Waals surface area contributed by atoms with E-state index in [0.29, 0.717) is 16.9 Å². The van der Waals surface area contributed by atoms with Crippen LogP contribution in [-0.4, -0.2) is 9.55 Å². The average molecular weight is 278 g/mol. The Bertz CT molecular complexity index is 761.